The molecule has 0 N–H and O–H groups in total. The third kappa shape index (κ3) is 3.64. The van der Waals surface area contributed by atoms with Crippen molar-refractivity contribution >= 4 is 11.6 Å². The quantitative estimate of drug-likeness (QED) is 0.815. The normalized spacial score (nSPS) is 16.9. The van der Waals surface area contributed by atoms with Gasteiger partial charge in [-0.05, 0) is 37.8 Å². The van der Waals surface area contributed by atoms with Crippen LogP contribution in [-0.2, 0) is 22.6 Å². The molecule has 1 aromatic carbocycles. The van der Waals surface area contributed by atoms with Crippen LogP contribution in [0.2, 0.25) is 0 Å². The smallest absolute Gasteiger partial charge is 0.253 e. The Balaban J connectivity index is 1.68. The summed E-state index contributed by atoms with van der Waals surface area (Å²) in [6.07, 6.45) is 4.08. The number of para-hydroxylation sites is 1. The lowest BCUT2D eigenvalue weighted by Crippen LogP contribution is -2.45. The summed E-state index contributed by atoms with van der Waals surface area (Å²) in [5.41, 5.74) is 2.25. The minimum atomic E-state index is -0.0168. The highest BCUT2D eigenvalue weighted by molar-refractivity contribution is 5.96. The molecule has 1 amide bonds. The van der Waals surface area contributed by atoms with Crippen LogP contribution in [0, 0.1) is 6.92 Å². The number of aryl methyl sites for hydroxylation is 2. The second-order valence-electron chi connectivity index (χ2n) is 6.10. The Hall–Kier alpha value is -2.21. The number of carbonyl (C=O) groups is 1. The van der Waals surface area contributed by atoms with E-state index in [1.807, 2.05) is 23.1 Å². The molecule has 6 nitrogen and oxygen atoms in total. The number of nitrogens with zero attached hydrogens (tertiary/aromatic N) is 3. The van der Waals surface area contributed by atoms with E-state index >= 15 is 0 Å². The van der Waals surface area contributed by atoms with Crippen LogP contribution in [0.5, 0.6) is 0 Å². The minimum absolute atomic E-state index is 0.00990. The molecule has 128 valence electrons. The lowest BCUT2D eigenvalue weighted by molar-refractivity contribution is -0.124. The van der Waals surface area contributed by atoms with Gasteiger partial charge in [0.15, 0.2) is 5.82 Å². The van der Waals surface area contributed by atoms with Gasteiger partial charge in [0.25, 0.3) is 11.8 Å². The minimum Gasteiger partial charge on any atom is -0.362 e. The van der Waals surface area contributed by atoms with E-state index < -0.39 is 0 Å². The lowest BCUT2D eigenvalue weighted by atomic mass is 9.93. The summed E-state index contributed by atoms with van der Waals surface area (Å²) >= 11 is 0. The van der Waals surface area contributed by atoms with E-state index in [-0.39, 0.29) is 25.2 Å². The fraction of sp³-hybridized carbons (Fsp3) is 0.500. The third-order valence-electron chi connectivity index (χ3n) is 4.27. The van der Waals surface area contributed by atoms with Crippen LogP contribution in [0.1, 0.15) is 43.5 Å². The first-order valence-corrected chi connectivity index (χ1v) is 8.46. The number of aromatic nitrogens is 2. The number of carbonyl (C=O) groups excluding carboxylic acids is 1. The average Bonchev–Trinajstić information content (AvgIpc) is 3.00. The molecular formula is C18H23N3O3. The van der Waals surface area contributed by atoms with Gasteiger partial charge in [0.05, 0.1) is 0 Å². The molecule has 0 fully saturated rings. The second-order valence-corrected chi connectivity index (χ2v) is 6.10. The number of fused-ring (bicyclic) bond motifs is 1. The van der Waals surface area contributed by atoms with Crippen LogP contribution in [0.4, 0.5) is 5.69 Å². The molecule has 1 aliphatic rings. The van der Waals surface area contributed by atoms with Crippen molar-refractivity contribution in [1.29, 1.82) is 0 Å². The van der Waals surface area contributed by atoms with Gasteiger partial charge in [-0.3, -0.25) is 4.79 Å². The molecule has 2 aromatic rings. The van der Waals surface area contributed by atoms with Gasteiger partial charge in [0.1, 0.15) is 13.2 Å². The molecule has 3 rings (SSSR count). The third-order valence-corrected chi connectivity index (χ3v) is 4.27. The molecule has 6 heteroatoms. The molecule has 0 aliphatic carbocycles. The van der Waals surface area contributed by atoms with E-state index in [1.165, 1.54) is 5.56 Å². The number of amides is 1. The molecule has 0 unspecified atom stereocenters. The number of rotatable bonds is 6. The van der Waals surface area contributed by atoms with Crippen molar-refractivity contribution in [3.05, 3.63) is 41.5 Å². The van der Waals surface area contributed by atoms with Gasteiger partial charge in [-0.2, -0.15) is 4.98 Å². The topological polar surface area (TPSA) is 68.5 Å². The Morgan fingerprint density at radius 1 is 1.42 bits per heavy atom. The molecule has 0 spiro atoms. The van der Waals surface area contributed by atoms with Crippen LogP contribution < -0.4 is 4.90 Å². The van der Waals surface area contributed by atoms with Crippen molar-refractivity contribution < 1.29 is 14.1 Å². The number of benzene rings is 1. The molecule has 24 heavy (non-hydrogen) atoms. The van der Waals surface area contributed by atoms with Gasteiger partial charge in [0.2, 0.25) is 0 Å². The van der Waals surface area contributed by atoms with E-state index in [2.05, 4.69) is 23.1 Å². The maximum atomic E-state index is 12.8. The molecule has 0 radical (unpaired) electrons. The first-order chi connectivity index (χ1) is 11.7. The van der Waals surface area contributed by atoms with Crippen molar-refractivity contribution in [1.82, 2.24) is 10.1 Å². The van der Waals surface area contributed by atoms with Crippen molar-refractivity contribution in [3.8, 4) is 0 Å². The van der Waals surface area contributed by atoms with Gasteiger partial charge < -0.3 is 14.2 Å². The van der Waals surface area contributed by atoms with E-state index in [0.717, 1.165) is 31.4 Å². The maximum absolute atomic E-state index is 12.8. The first-order valence-electron chi connectivity index (χ1n) is 8.46. The van der Waals surface area contributed by atoms with Gasteiger partial charge >= 0.3 is 0 Å². The second kappa shape index (κ2) is 7.57. The van der Waals surface area contributed by atoms with Gasteiger partial charge in [-0.15, -0.1) is 0 Å². The van der Waals surface area contributed by atoms with Crippen LogP contribution in [0.3, 0.4) is 0 Å². The molecule has 0 saturated heterocycles. The van der Waals surface area contributed by atoms with Gasteiger partial charge in [-0.25, -0.2) is 0 Å². The summed E-state index contributed by atoms with van der Waals surface area (Å²) in [6, 6.07) is 8.37. The van der Waals surface area contributed by atoms with E-state index in [1.54, 1.807) is 6.92 Å². The number of hydrogen-bond donors (Lipinski definition) is 0. The summed E-state index contributed by atoms with van der Waals surface area (Å²) in [6.45, 7) is 4.06. The summed E-state index contributed by atoms with van der Waals surface area (Å²) in [5, 5.41) is 3.71. The highest BCUT2D eigenvalue weighted by Gasteiger charge is 2.30. The van der Waals surface area contributed by atoms with Gasteiger partial charge in [0, 0.05) is 11.7 Å². The van der Waals surface area contributed by atoms with Crippen LogP contribution >= 0.6 is 0 Å². The Bertz CT molecular complexity index is 698. The monoisotopic (exact) mass is 329 g/mol. The van der Waals surface area contributed by atoms with E-state index in [9.17, 15) is 4.79 Å². The Morgan fingerprint density at radius 2 is 2.25 bits per heavy atom. The summed E-state index contributed by atoms with van der Waals surface area (Å²) < 4.78 is 10.5. The fourth-order valence-electron chi connectivity index (χ4n) is 3.24. The highest BCUT2D eigenvalue weighted by atomic mass is 16.5. The van der Waals surface area contributed by atoms with Crippen LogP contribution in [0.15, 0.2) is 28.8 Å². The zero-order chi connectivity index (χ0) is 16.9. The van der Waals surface area contributed by atoms with Crippen molar-refractivity contribution in [2.24, 2.45) is 0 Å². The molecule has 2 heterocycles. The van der Waals surface area contributed by atoms with Crippen LogP contribution in [0.25, 0.3) is 0 Å². The number of hydrogen-bond acceptors (Lipinski definition) is 5. The summed E-state index contributed by atoms with van der Waals surface area (Å²) in [4.78, 5) is 18.8. The number of anilines is 1. The Labute approximate surface area is 141 Å². The van der Waals surface area contributed by atoms with Gasteiger partial charge in [-0.1, -0.05) is 36.7 Å². The molecular weight excluding hydrogens is 306 g/mol. The molecule has 0 saturated carbocycles. The summed E-state index contributed by atoms with van der Waals surface area (Å²) in [7, 11) is 0. The van der Waals surface area contributed by atoms with Crippen molar-refractivity contribution in [2.45, 2.75) is 52.2 Å². The predicted molar refractivity (Wildman–Crippen MR) is 89.6 cm³/mol. The maximum Gasteiger partial charge on any atom is 0.253 e. The lowest BCUT2D eigenvalue weighted by Gasteiger charge is -2.37. The largest absolute Gasteiger partial charge is 0.362 e. The zero-order valence-corrected chi connectivity index (χ0v) is 14.2. The molecule has 1 aliphatic heterocycles. The average molecular weight is 329 g/mol. The van der Waals surface area contributed by atoms with E-state index in [0.29, 0.717) is 11.7 Å². The highest BCUT2D eigenvalue weighted by Crippen LogP contribution is 2.32. The van der Waals surface area contributed by atoms with Crippen LogP contribution in [-0.4, -0.2) is 28.7 Å². The summed E-state index contributed by atoms with van der Waals surface area (Å²) in [5.74, 6) is 0.939. The first kappa shape index (κ1) is 16.6. The molecule has 0 bridgehead atoms. The number of ether oxygens (including phenoxy) is 1. The standard InChI is InChI=1S/C18H23N3O3/c1-3-6-15-10-9-14-7-4-5-8-16(14)21(15)18(22)12-23-11-17-19-13(2)20-24-17/h4-5,7-8,15H,3,6,9-12H2,1-2H3/t15-/m1/s1. The Morgan fingerprint density at radius 3 is 3.00 bits per heavy atom. The predicted octanol–water partition coefficient (Wildman–Crippen LogP) is 3.04. The van der Waals surface area contributed by atoms with Crippen molar-refractivity contribution in [2.75, 3.05) is 11.5 Å². The zero-order valence-electron chi connectivity index (χ0n) is 14.2. The SMILES string of the molecule is CCC[C@@H]1CCc2ccccc2N1C(=O)COCc1nc(C)no1. The van der Waals surface area contributed by atoms with E-state index in [4.69, 9.17) is 9.26 Å². The fourth-order valence-corrected chi connectivity index (χ4v) is 3.24. The molecule has 1 aromatic heterocycles. The van der Waals surface area contributed by atoms with Crippen molar-refractivity contribution in [3.63, 3.8) is 0 Å². The molecule has 1 atom stereocenters. The Kier molecular flexibility index (Phi) is 5.25.